The molecule has 6 rings (SSSR count). The Bertz CT molecular complexity index is 2160. The molecular formula is C56H66N2O+2. The fourth-order valence-corrected chi connectivity index (χ4v) is 7.71. The van der Waals surface area contributed by atoms with E-state index in [2.05, 4.69) is 203 Å². The van der Waals surface area contributed by atoms with Crippen LogP contribution >= 0.6 is 0 Å². The smallest absolute Gasteiger partial charge is 0.169 e. The van der Waals surface area contributed by atoms with Gasteiger partial charge < -0.3 is 9.22 Å². The van der Waals surface area contributed by atoms with Gasteiger partial charge in [-0.2, -0.15) is 0 Å². The minimum Gasteiger partial charge on any atom is -0.494 e. The molecule has 0 saturated carbocycles. The summed E-state index contributed by atoms with van der Waals surface area (Å²) in [5, 5.41) is 0. The van der Waals surface area contributed by atoms with E-state index < -0.39 is 0 Å². The van der Waals surface area contributed by atoms with Crippen LogP contribution in [-0.2, 0) is 6.54 Å². The van der Waals surface area contributed by atoms with Gasteiger partial charge in [-0.3, -0.25) is 0 Å². The molecule has 3 nitrogen and oxygen atoms in total. The molecule has 0 amide bonds. The second-order valence-corrected chi connectivity index (χ2v) is 17.0. The number of ether oxygens (including phenoxy) is 1. The van der Waals surface area contributed by atoms with Crippen LogP contribution in [0.5, 0.6) is 5.75 Å². The Morgan fingerprint density at radius 1 is 0.475 bits per heavy atom. The standard InChI is InChI=1S/C56H66N2O/c1-5-6-7-8-9-10-11-12-19-45-59-54-37-35-53(36-38-54)56(51-23-17-14-18-24-51)55(50-21-15-13-16-22-50)52-33-31-49(32-34-52)48-29-27-46(28-30-48)25-26-47-39-42-57(43-40-47)41-20-44-58(2,3)4/h13-18,21-40,42-43H,5-12,19-20,41,44-45H2,1-4H3/q+2/b26-25+,56-55+. The zero-order valence-corrected chi connectivity index (χ0v) is 36.2. The molecule has 0 N–H and O–H groups in total. The van der Waals surface area contributed by atoms with E-state index >= 15 is 0 Å². The second-order valence-electron chi connectivity index (χ2n) is 17.0. The van der Waals surface area contributed by atoms with Crippen LogP contribution in [0.2, 0.25) is 0 Å². The number of pyridine rings is 1. The summed E-state index contributed by atoms with van der Waals surface area (Å²) >= 11 is 0. The Balaban J connectivity index is 1.16. The zero-order chi connectivity index (χ0) is 41.1. The van der Waals surface area contributed by atoms with Crippen molar-refractivity contribution in [2.75, 3.05) is 34.3 Å². The van der Waals surface area contributed by atoms with E-state index in [9.17, 15) is 0 Å². The molecule has 0 unspecified atom stereocenters. The molecule has 304 valence electrons. The van der Waals surface area contributed by atoms with Crippen molar-refractivity contribution >= 4 is 23.3 Å². The van der Waals surface area contributed by atoms with Crippen LogP contribution in [-0.4, -0.2) is 38.8 Å². The highest BCUT2D eigenvalue weighted by molar-refractivity contribution is 6.04. The number of hydrogen-bond acceptors (Lipinski definition) is 1. The van der Waals surface area contributed by atoms with Gasteiger partial charge in [0, 0.05) is 12.1 Å². The van der Waals surface area contributed by atoms with E-state index in [0.717, 1.165) is 29.8 Å². The molecule has 0 aliphatic heterocycles. The highest BCUT2D eigenvalue weighted by atomic mass is 16.5. The molecule has 1 aromatic heterocycles. The lowest BCUT2D eigenvalue weighted by molar-refractivity contribution is -0.873. The molecule has 5 aromatic carbocycles. The van der Waals surface area contributed by atoms with Crippen molar-refractivity contribution in [1.82, 2.24) is 0 Å². The first kappa shape index (κ1) is 43.1. The van der Waals surface area contributed by atoms with Gasteiger partial charge in [-0.15, -0.1) is 0 Å². The number of nitrogens with zero attached hydrogens (tertiary/aromatic N) is 2. The van der Waals surface area contributed by atoms with Gasteiger partial charge in [0.05, 0.1) is 40.7 Å². The van der Waals surface area contributed by atoms with Crippen LogP contribution in [0, 0.1) is 0 Å². The van der Waals surface area contributed by atoms with Gasteiger partial charge in [-0.25, -0.2) is 4.57 Å². The van der Waals surface area contributed by atoms with Crippen molar-refractivity contribution < 1.29 is 13.8 Å². The normalized spacial score (nSPS) is 12.1. The Morgan fingerprint density at radius 2 is 0.915 bits per heavy atom. The number of aromatic nitrogens is 1. The molecular weight excluding hydrogens is 717 g/mol. The SMILES string of the molecule is CCCCCCCCCCCOc1ccc(/C(=C(\c2ccccc2)c2ccc(-c3ccc(/C=C/c4cc[n+](CCC[N+](C)(C)C)cc4)cc3)cc2)c2ccccc2)cc1. The highest BCUT2D eigenvalue weighted by Crippen LogP contribution is 2.38. The number of unbranched alkanes of at least 4 members (excludes halogenated alkanes) is 8. The second kappa shape index (κ2) is 22.6. The Kier molecular flexibility index (Phi) is 16.5. The first-order valence-corrected chi connectivity index (χ1v) is 22.1. The fourth-order valence-electron chi connectivity index (χ4n) is 7.71. The molecule has 1 heterocycles. The monoisotopic (exact) mass is 783 g/mol. The van der Waals surface area contributed by atoms with Crippen LogP contribution in [0.3, 0.4) is 0 Å². The van der Waals surface area contributed by atoms with Crippen molar-refractivity contribution in [2.24, 2.45) is 0 Å². The van der Waals surface area contributed by atoms with Gasteiger partial charge >= 0.3 is 0 Å². The molecule has 0 saturated heterocycles. The van der Waals surface area contributed by atoms with Gasteiger partial charge in [0.2, 0.25) is 0 Å². The lowest BCUT2D eigenvalue weighted by Crippen LogP contribution is -2.39. The fraction of sp³-hybridized carbons (Fsp3) is 0.304. The van der Waals surface area contributed by atoms with Crippen LogP contribution in [0.1, 0.15) is 105 Å². The quantitative estimate of drug-likeness (QED) is 0.0289. The van der Waals surface area contributed by atoms with Crippen molar-refractivity contribution in [3.8, 4) is 16.9 Å². The molecule has 0 fully saturated rings. The van der Waals surface area contributed by atoms with Crippen LogP contribution < -0.4 is 9.30 Å². The summed E-state index contributed by atoms with van der Waals surface area (Å²) in [6.07, 6.45) is 21.8. The number of hydrogen-bond donors (Lipinski definition) is 0. The Hall–Kier alpha value is -5.51. The molecule has 0 aliphatic carbocycles. The molecule has 6 aromatic rings. The van der Waals surface area contributed by atoms with Crippen molar-refractivity contribution in [1.29, 1.82) is 0 Å². The van der Waals surface area contributed by atoms with Gasteiger partial charge in [0.25, 0.3) is 0 Å². The highest BCUT2D eigenvalue weighted by Gasteiger charge is 2.17. The lowest BCUT2D eigenvalue weighted by Gasteiger charge is -2.22. The largest absolute Gasteiger partial charge is 0.494 e. The first-order chi connectivity index (χ1) is 28.9. The summed E-state index contributed by atoms with van der Waals surface area (Å²) in [5.41, 5.74) is 11.9. The molecule has 0 radical (unpaired) electrons. The zero-order valence-electron chi connectivity index (χ0n) is 36.2. The predicted molar refractivity (Wildman–Crippen MR) is 252 cm³/mol. The molecule has 0 atom stereocenters. The summed E-state index contributed by atoms with van der Waals surface area (Å²) in [6, 6.07) is 52.7. The summed E-state index contributed by atoms with van der Waals surface area (Å²) in [7, 11) is 6.75. The van der Waals surface area contributed by atoms with Crippen LogP contribution in [0.4, 0.5) is 0 Å². The lowest BCUT2D eigenvalue weighted by atomic mass is 9.85. The average Bonchev–Trinajstić information content (AvgIpc) is 3.27. The van der Waals surface area contributed by atoms with Gasteiger partial charge in [0.1, 0.15) is 5.75 Å². The summed E-state index contributed by atoms with van der Waals surface area (Å²) in [4.78, 5) is 0. The first-order valence-electron chi connectivity index (χ1n) is 22.1. The molecule has 0 bridgehead atoms. The summed E-state index contributed by atoms with van der Waals surface area (Å²) < 4.78 is 9.51. The third-order valence-corrected chi connectivity index (χ3v) is 11.1. The third-order valence-electron chi connectivity index (χ3n) is 11.1. The van der Waals surface area contributed by atoms with Gasteiger partial charge in [-0.1, -0.05) is 192 Å². The number of quaternary nitrogens is 1. The van der Waals surface area contributed by atoms with E-state index in [4.69, 9.17) is 4.74 Å². The molecule has 3 heteroatoms. The third kappa shape index (κ3) is 13.8. The van der Waals surface area contributed by atoms with Gasteiger partial charge in [-0.05, 0) is 74.2 Å². The number of rotatable bonds is 22. The topological polar surface area (TPSA) is 13.1 Å². The molecule has 59 heavy (non-hydrogen) atoms. The van der Waals surface area contributed by atoms with Crippen molar-refractivity contribution in [2.45, 2.75) is 77.7 Å². The van der Waals surface area contributed by atoms with E-state index in [1.165, 1.54) is 120 Å². The van der Waals surface area contributed by atoms with Crippen LogP contribution in [0.25, 0.3) is 34.4 Å². The molecule has 0 aliphatic rings. The molecule has 0 spiro atoms. The van der Waals surface area contributed by atoms with Crippen molar-refractivity contribution in [3.05, 3.63) is 191 Å². The van der Waals surface area contributed by atoms with E-state index in [-0.39, 0.29) is 0 Å². The van der Waals surface area contributed by atoms with E-state index in [0.29, 0.717) is 0 Å². The number of aryl methyl sites for hydroxylation is 1. The maximum absolute atomic E-state index is 6.23. The minimum absolute atomic E-state index is 0.767. The predicted octanol–water partition coefficient (Wildman–Crippen LogP) is 13.8. The minimum atomic E-state index is 0.767. The maximum atomic E-state index is 6.23. The number of benzene rings is 5. The van der Waals surface area contributed by atoms with Gasteiger partial charge in [0.15, 0.2) is 18.9 Å². The van der Waals surface area contributed by atoms with Crippen molar-refractivity contribution in [3.63, 3.8) is 0 Å². The Labute approximate surface area is 356 Å². The summed E-state index contributed by atoms with van der Waals surface area (Å²) in [5.74, 6) is 0.933. The average molecular weight is 783 g/mol. The summed E-state index contributed by atoms with van der Waals surface area (Å²) in [6.45, 7) is 5.26. The Morgan fingerprint density at radius 3 is 1.42 bits per heavy atom. The van der Waals surface area contributed by atoms with Crippen LogP contribution in [0.15, 0.2) is 158 Å². The maximum Gasteiger partial charge on any atom is 0.169 e. The van der Waals surface area contributed by atoms with E-state index in [1.807, 2.05) is 0 Å². The van der Waals surface area contributed by atoms with E-state index in [1.54, 1.807) is 0 Å².